The van der Waals surface area contributed by atoms with Gasteiger partial charge in [0.1, 0.15) is 0 Å². The van der Waals surface area contributed by atoms with Crippen LogP contribution in [0, 0.1) is 5.92 Å². The molecule has 21 heavy (non-hydrogen) atoms. The highest BCUT2D eigenvalue weighted by molar-refractivity contribution is 6.42. The molecule has 0 radical (unpaired) electrons. The van der Waals surface area contributed by atoms with Crippen LogP contribution in [0.3, 0.4) is 0 Å². The second-order valence-corrected chi connectivity index (χ2v) is 5.50. The quantitative estimate of drug-likeness (QED) is 0.623. The number of carbonyl (C=O) groups excluding carboxylic acids is 2. The molecule has 1 aromatic carbocycles. The third-order valence-electron chi connectivity index (χ3n) is 2.64. The van der Waals surface area contributed by atoms with Crippen LogP contribution >= 0.6 is 23.2 Å². The van der Waals surface area contributed by atoms with Gasteiger partial charge in [0.15, 0.2) is 0 Å². The number of nitrogens with one attached hydrogen (secondary N) is 2. The molecule has 0 saturated heterocycles. The van der Waals surface area contributed by atoms with Gasteiger partial charge in [0.05, 0.1) is 10.0 Å². The lowest BCUT2D eigenvalue weighted by Crippen LogP contribution is -2.35. The zero-order chi connectivity index (χ0) is 15.8. The number of benzene rings is 1. The first-order chi connectivity index (χ1) is 9.91. The fourth-order valence-electron chi connectivity index (χ4n) is 1.45. The van der Waals surface area contributed by atoms with Crippen LogP contribution in [0.1, 0.15) is 19.4 Å². The molecule has 0 unspecified atom stereocenters. The predicted molar refractivity (Wildman–Crippen MR) is 86.4 cm³/mol. The van der Waals surface area contributed by atoms with Gasteiger partial charge in [-0.2, -0.15) is 0 Å². The fourth-order valence-corrected chi connectivity index (χ4v) is 1.82. The summed E-state index contributed by atoms with van der Waals surface area (Å²) < 4.78 is 0. The van der Waals surface area contributed by atoms with Gasteiger partial charge in [-0.05, 0) is 17.7 Å². The van der Waals surface area contributed by atoms with Gasteiger partial charge >= 0.3 is 0 Å². The zero-order valence-corrected chi connectivity index (χ0v) is 13.5. The Kier molecular flexibility index (Phi) is 7.26. The largest absolute Gasteiger partial charge is 0.354 e. The summed E-state index contributed by atoms with van der Waals surface area (Å²) in [5.74, 6) is -0.360. The highest BCUT2D eigenvalue weighted by Crippen LogP contribution is 2.26. The summed E-state index contributed by atoms with van der Waals surface area (Å²) in [6.45, 7) is 4.39. The molecular weight excluding hydrogens is 311 g/mol. The summed E-state index contributed by atoms with van der Waals surface area (Å²) in [4.78, 5) is 22.9. The Morgan fingerprint density at radius 2 is 1.86 bits per heavy atom. The van der Waals surface area contributed by atoms with Crippen molar-refractivity contribution >= 4 is 41.1 Å². The summed E-state index contributed by atoms with van der Waals surface area (Å²) in [7, 11) is 0. The minimum Gasteiger partial charge on any atom is -0.354 e. The van der Waals surface area contributed by atoms with Gasteiger partial charge in [-0.15, -0.1) is 0 Å². The number of carbonyl (C=O) groups is 2. The smallest absolute Gasteiger partial charge is 0.244 e. The van der Waals surface area contributed by atoms with Crippen molar-refractivity contribution in [2.45, 2.75) is 13.8 Å². The average molecular weight is 329 g/mol. The molecule has 0 heterocycles. The van der Waals surface area contributed by atoms with E-state index in [1.54, 1.807) is 24.3 Å². The predicted octanol–water partition coefficient (Wildman–Crippen LogP) is 2.89. The van der Waals surface area contributed by atoms with Crippen molar-refractivity contribution in [1.29, 1.82) is 0 Å². The van der Waals surface area contributed by atoms with Gasteiger partial charge in [0.25, 0.3) is 0 Å². The second-order valence-electron chi connectivity index (χ2n) is 4.71. The maximum absolute atomic E-state index is 11.6. The molecule has 114 valence electrons. The molecule has 0 atom stereocenters. The maximum atomic E-state index is 11.6. The second kappa shape index (κ2) is 8.70. The lowest BCUT2D eigenvalue weighted by atomic mass is 10.2. The molecule has 0 saturated carbocycles. The molecule has 0 aliphatic rings. The number of amides is 2. The minimum atomic E-state index is -0.259. The van der Waals surface area contributed by atoms with E-state index in [9.17, 15) is 9.59 Å². The van der Waals surface area contributed by atoms with E-state index in [-0.39, 0.29) is 17.7 Å². The van der Waals surface area contributed by atoms with E-state index in [1.165, 1.54) is 6.08 Å². The molecule has 6 heteroatoms. The topological polar surface area (TPSA) is 58.2 Å². The van der Waals surface area contributed by atoms with E-state index in [2.05, 4.69) is 10.6 Å². The molecular formula is C15H18Cl2N2O2. The molecule has 1 aromatic rings. The van der Waals surface area contributed by atoms with E-state index in [4.69, 9.17) is 23.2 Å². The molecule has 0 bridgehead atoms. The van der Waals surface area contributed by atoms with Crippen LogP contribution in [0.15, 0.2) is 24.3 Å². The lowest BCUT2D eigenvalue weighted by molar-refractivity contribution is -0.124. The first-order valence-corrected chi connectivity index (χ1v) is 7.35. The normalized spacial score (nSPS) is 10.9. The first-order valence-electron chi connectivity index (χ1n) is 6.59. The van der Waals surface area contributed by atoms with Gasteiger partial charge in [0, 0.05) is 25.1 Å². The molecule has 0 aliphatic carbocycles. The molecule has 2 amide bonds. The van der Waals surface area contributed by atoms with E-state index >= 15 is 0 Å². The third kappa shape index (κ3) is 6.19. The minimum absolute atomic E-state index is 0.0366. The summed E-state index contributed by atoms with van der Waals surface area (Å²) in [6, 6.07) is 5.20. The van der Waals surface area contributed by atoms with Gasteiger partial charge in [-0.1, -0.05) is 49.2 Å². The van der Waals surface area contributed by atoms with E-state index in [1.807, 2.05) is 13.8 Å². The molecule has 2 N–H and O–H groups in total. The van der Waals surface area contributed by atoms with Gasteiger partial charge < -0.3 is 10.6 Å². The summed E-state index contributed by atoms with van der Waals surface area (Å²) in [5, 5.41) is 6.23. The molecule has 1 rings (SSSR count). The van der Waals surface area contributed by atoms with Crippen molar-refractivity contribution in [1.82, 2.24) is 10.6 Å². The molecule has 0 aromatic heterocycles. The van der Waals surface area contributed by atoms with E-state index in [0.717, 1.165) is 0 Å². The Morgan fingerprint density at radius 3 is 2.52 bits per heavy atom. The highest BCUT2D eigenvalue weighted by Gasteiger charge is 2.05. The molecule has 0 fully saturated rings. The Balaban J connectivity index is 2.38. The summed E-state index contributed by atoms with van der Waals surface area (Å²) in [6.07, 6.45) is 2.97. The standard InChI is InChI=1S/C15H18Cl2N2O2/c1-10(2)15(21)19-9-8-18-13(20)7-6-11-4-3-5-12(16)14(11)17/h3-7,10H,8-9H2,1-2H3,(H,18,20)(H,19,21)/b7-6+. The van der Waals surface area contributed by atoms with Crippen molar-refractivity contribution in [3.05, 3.63) is 39.9 Å². The number of hydrogen-bond acceptors (Lipinski definition) is 2. The van der Waals surface area contributed by atoms with Crippen molar-refractivity contribution in [3.8, 4) is 0 Å². The molecule has 0 spiro atoms. The molecule has 0 aliphatic heterocycles. The number of hydrogen-bond donors (Lipinski definition) is 2. The average Bonchev–Trinajstić information content (AvgIpc) is 2.44. The Morgan fingerprint density at radius 1 is 1.19 bits per heavy atom. The maximum Gasteiger partial charge on any atom is 0.244 e. The van der Waals surface area contributed by atoms with Crippen LogP contribution in [0.4, 0.5) is 0 Å². The van der Waals surface area contributed by atoms with Crippen LogP contribution in [0.5, 0.6) is 0 Å². The monoisotopic (exact) mass is 328 g/mol. The van der Waals surface area contributed by atoms with Crippen LogP contribution < -0.4 is 10.6 Å². The van der Waals surface area contributed by atoms with Gasteiger partial charge in [-0.3, -0.25) is 9.59 Å². The van der Waals surface area contributed by atoms with Crippen molar-refractivity contribution < 1.29 is 9.59 Å². The van der Waals surface area contributed by atoms with E-state index in [0.29, 0.717) is 28.7 Å². The van der Waals surface area contributed by atoms with Crippen LogP contribution in [0.2, 0.25) is 10.0 Å². The molecule has 4 nitrogen and oxygen atoms in total. The van der Waals surface area contributed by atoms with Crippen molar-refractivity contribution in [2.24, 2.45) is 5.92 Å². The SMILES string of the molecule is CC(C)C(=O)NCCNC(=O)/C=C/c1cccc(Cl)c1Cl. The Hall–Kier alpha value is -1.52. The summed E-state index contributed by atoms with van der Waals surface area (Å²) in [5.41, 5.74) is 0.674. The van der Waals surface area contributed by atoms with Crippen LogP contribution in [0.25, 0.3) is 6.08 Å². The van der Waals surface area contributed by atoms with Crippen molar-refractivity contribution in [2.75, 3.05) is 13.1 Å². The fraction of sp³-hybridized carbons (Fsp3) is 0.333. The van der Waals surface area contributed by atoms with E-state index < -0.39 is 0 Å². The van der Waals surface area contributed by atoms with Gasteiger partial charge in [0.2, 0.25) is 11.8 Å². The highest BCUT2D eigenvalue weighted by atomic mass is 35.5. The van der Waals surface area contributed by atoms with Crippen molar-refractivity contribution in [3.63, 3.8) is 0 Å². The number of rotatable bonds is 6. The lowest BCUT2D eigenvalue weighted by Gasteiger charge is -2.07. The number of halogens is 2. The van der Waals surface area contributed by atoms with Crippen LogP contribution in [-0.4, -0.2) is 24.9 Å². The first kappa shape index (κ1) is 17.5. The summed E-state index contributed by atoms with van der Waals surface area (Å²) >= 11 is 11.9. The van der Waals surface area contributed by atoms with Gasteiger partial charge in [-0.25, -0.2) is 0 Å². The Labute approximate surface area is 134 Å². The zero-order valence-electron chi connectivity index (χ0n) is 12.0. The Bertz CT molecular complexity index is 542. The third-order valence-corrected chi connectivity index (χ3v) is 3.48. The van der Waals surface area contributed by atoms with Crippen LogP contribution in [-0.2, 0) is 9.59 Å².